The summed E-state index contributed by atoms with van der Waals surface area (Å²) in [6, 6.07) is 18.4. The molecule has 3 fully saturated rings. The van der Waals surface area contributed by atoms with E-state index in [0.717, 1.165) is 39.3 Å². The number of rotatable bonds is 8. The first kappa shape index (κ1) is 28.9. The number of nitrogens with two attached hydrogens (primary N) is 1. The van der Waals surface area contributed by atoms with Crippen LogP contribution in [0.1, 0.15) is 98.4 Å². The molecule has 3 aromatic rings. The molecule has 1 aromatic heterocycles. The van der Waals surface area contributed by atoms with Gasteiger partial charge >= 0.3 is 0 Å². The molecule has 6 rings (SSSR count). The van der Waals surface area contributed by atoms with Gasteiger partial charge in [0.05, 0.1) is 6.20 Å². The molecule has 1 unspecified atom stereocenters. The van der Waals surface area contributed by atoms with Gasteiger partial charge in [0.2, 0.25) is 5.91 Å². The number of hydrogen-bond acceptors (Lipinski definition) is 5. The first-order valence-electron chi connectivity index (χ1n) is 16.0. The van der Waals surface area contributed by atoms with E-state index in [1.807, 2.05) is 24.3 Å². The largest absolute Gasteiger partial charge is 0.371 e. The Bertz CT molecular complexity index is 1360. The van der Waals surface area contributed by atoms with E-state index < -0.39 is 0 Å². The summed E-state index contributed by atoms with van der Waals surface area (Å²) >= 11 is 0. The number of nitrogens with zero attached hydrogens (tertiary/aromatic N) is 5. The van der Waals surface area contributed by atoms with E-state index in [1.165, 1.54) is 48.1 Å². The van der Waals surface area contributed by atoms with E-state index >= 15 is 0 Å². The topological polar surface area (TPSA) is 70.6 Å². The van der Waals surface area contributed by atoms with E-state index in [0.29, 0.717) is 35.0 Å². The Morgan fingerprint density at radius 2 is 1.69 bits per heavy atom. The number of carbonyl (C=O) groups is 1. The van der Waals surface area contributed by atoms with Crippen LogP contribution >= 0.6 is 0 Å². The molecule has 1 saturated carbocycles. The highest BCUT2D eigenvalue weighted by Crippen LogP contribution is 2.53. The van der Waals surface area contributed by atoms with Crippen LogP contribution in [0.15, 0.2) is 60.9 Å². The first-order chi connectivity index (χ1) is 20.2. The molecule has 7 nitrogen and oxygen atoms in total. The number of piperidine rings is 1. The molecule has 2 N–H and O–H groups in total. The summed E-state index contributed by atoms with van der Waals surface area (Å²) in [5, 5.41) is 4.60. The van der Waals surface area contributed by atoms with Crippen LogP contribution in [0, 0.1) is 5.41 Å². The summed E-state index contributed by atoms with van der Waals surface area (Å²) in [5.41, 5.74) is 12.0. The molecule has 42 heavy (non-hydrogen) atoms. The number of aromatic nitrogens is 2. The predicted octanol–water partition coefficient (Wildman–Crippen LogP) is 5.99. The number of hydrogen-bond donors (Lipinski definition) is 1. The monoisotopic (exact) mass is 568 g/mol. The molecule has 2 saturated heterocycles. The standard InChI is InChI=1S/C35H48N6O/c1-25(2)31-7-5-6-8-32(31)33-24-38(22-27-21-37-41(23-27)26(3)4)17-18-40(33)30-19-35(20-30)13-15-39(16-14-35)29-11-9-28(10-12-29)34(36)42/h5-12,21,23,25-26,30,33H,13-20,22,24H2,1-4H3,(H2,36,42). The van der Waals surface area contributed by atoms with Crippen LogP contribution in [-0.2, 0) is 6.54 Å². The molecule has 7 heteroatoms. The van der Waals surface area contributed by atoms with E-state index in [4.69, 9.17) is 5.73 Å². The van der Waals surface area contributed by atoms with Crippen LogP contribution in [0.3, 0.4) is 0 Å². The quantitative estimate of drug-likeness (QED) is 0.361. The van der Waals surface area contributed by atoms with Crippen molar-refractivity contribution in [2.45, 2.75) is 84.0 Å². The van der Waals surface area contributed by atoms with Crippen molar-refractivity contribution in [2.75, 3.05) is 37.6 Å². The second-order valence-electron chi connectivity index (χ2n) is 13.7. The minimum atomic E-state index is -0.364. The van der Waals surface area contributed by atoms with Gasteiger partial charge in [0.25, 0.3) is 0 Å². The first-order valence-corrected chi connectivity index (χ1v) is 16.0. The number of piperazine rings is 1. The Hall–Kier alpha value is -3.16. The summed E-state index contributed by atoms with van der Waals surface area (Å²) in [6.07, 6.45) is 9.38. The lowest BCUT2D eigenvalue weighted by Gasteiger charge is -2.58. The fourth-order valence-corrected chi connectivity index (χ4v) is 7.71. The van der Waals surface area contributed by atoms with Crippen molar-refractivity contribution in [3.8, 4) is 0 Å². The molecule has 3 aliphatic rings. The number of amides is 1. The number of benzene rings is 2. The Labute approximate surface area is 251 Å². The van der Waals surface area contributed by atoms with Gasteiger partial charge in [0.1, 0.15) is 0 Å². The smallest absolute Gasteiger partial charge is 0.248 e. The van der Waals surface area contributed by atoms with E-state index in [2.05, 4.69) is 88.8 Å². The second kappa shape index (κ2) is 11.8. The van der Waals surface area contributed by atoms with E-state index in [9.17, 15) is 4.79 Å². The predicted molar refractivity (Wildman–Crippen MR) is 170 cm³/mol. The fourth-order valence-electron chi connectivity index (χ4n) is 7.71. The summed E-state index contributed by atoms with van der Waals surface area (Å²) in [4.78, 5) is 19.5. The average molecular weight is 569 g/mol. The second-order valence-corrected chi connectivity index (χ2v) is 13.7. The molecule has 1 spiro atoms. The molecule has 0 bridgehead atoms. The lowest BCUT2D eigenvalue weighted by molar-refractivity contribution is -0.0628. The molecule has 0 radical (unpaired) electrons. The van der Waals surface area contributed by atoms with Crippen molar-refractivity contribution >= 4 is 11.6 Å². The molecule has 224 valence electrons. The third-order valence-electron chi connectivity index (χ3n) is 10.2. The zero-order valence-corrected chi connectivity index (χ0v) is 25.9. The number of carbonyl (C=O) groups excluding carboxylic acids is 1. The van der Waals surface area contributed by atoms with Gasteiger partial charge in [-0.3, -0.25) is 19.3 Å². The zero-order valence-electron chi connectivity index (χ0n) is 25.9. The minimum Gasteiger partial charge on any atom is -0.371 e. The Kier molecular flexibility index (Phi) is 8.16. The minimum absolute atomic E-state index is 0.364. The van der Waals surface area contributed by atoms with Crippen molar-refractivity contribution in [1.29, 1.82) is 0 Å². The maximum atomic E-state index is 11.5. The Morgan fingerprint density at radius 3 is 2.33 bits per heavy atom. The number of primary amides is 1. The van der Waals surface area contributed by atoms with Crippen LogP contribution in [-0.4, -0.2) is 64.3 Å². The van der Waals surface area contributed by atoms with Gasteiger partial charge < -0.3 is 10.6 Å². The van der Waals surface area contributed by atoms with Gasteiger partial charge in [0.15, 0.2) is 0 Å². The lowest BCUT2D eigenvalue weighted by Crippen LogP contribution is -2.60. The van der Waals surface area contributed by atoms with Crippen molar-refractivity contribution < 1.29 is 4.79 Å². The van der Waals surface area contributed by atoms with Gasteiger partial charge in [-0.2, -0.15) is 5.10 Å². The molecule has 1 aliphatic carbocycles. The van der Waals surface area contributed by atoms with Crippen LogP contribution in [0.5, 0.6) is 0 Å². The third-order valence-corrected chi connectivity index (χ3v) is 10.2. The molecule has 2 aromatic carbocycles. The van der Waals surface area contributed by atoms with E-state index in [1.54, 1.807) is 0 Å². The zero-order chi connectivity index (χ0) is 29.4. The van der Waals surface area contributed by atoms with Crippen LogP contribution < -0.4 is 10.6 Å². The SMILES string of the molecule is CC(C)c1ccccc1C1CN(Cc2cnn(C(C)C)c2)CCN1C1CC2(CCN(c3ccc(C(N)=O)cc3)CC2)C1. The summed E-state index contributed by atoms with van der Waals surface area (Å²) in [6.45, 7) is 15.5. The van der Waals surface area contributed by atoms with Crippen LogP contribution in [0.2, 0.25) is 0 Å². The summed E-state index contributed by atoms with van der Waals surface area (Å²) in [7, 11) is 0. The van der Waals surface area contributed by atoms with Gasteiger partial charge in [-0.15, -0.1) is 0 Å². The molecule has 1 amide bonds. The molecular weight excluding hydrogens is 520 g/mol. The van der Waals surface area contributed by atoms with Gasteiger partial charge in [0, 0.05) is 80.4 Å². The Balaban J connectivity index is 1.13. The third kappa shape index (κ3) is 5.86. The average Bonchev–Trinajstić information content (AvgIpc) is 3.45. The van der Waals surface area contributed by atoms with Crippen LogP contribution in [0.4, 0.5) is 5.69 Å². The van der Waals surface area contributed by atoms with Crippen molar-refractivity contribution in [1.82, 2.24) is 19.6 Å². The fraction of sp³-hybridized carbons (Fsp3) is 0.543. The highest BCUT2D eigenvalue weighted by Gasteiger charge is 2.50. The lowest BCUT2D eigenvalue weighted by atomic mass is 9.59. The van der Waals surface area contributed by atoms with Crippen molar-refractivity contribution in [3.63, 3.8) is 0 Å². The number of anilines is 1. The van der Waals surface area contributed by atoms with Crippen molar-refractivity contribution in [2.24, 2.45) is 11.1 Å². The Morgan fingerprint density at radius 1 is 0.976 bits per heavy atom. The highest BCUT2D eigenvalue weighted by atomic mass is 16.1. The summed E-state index contributed by atoms with van der Waals surface area (Å²) in [5.74, 6) is 0.147. The van der Waals surface area contributed by atoms with Crippen LogP contribution in [0.25, 0.3) is 0 Å². The molecular formula is C35H48N6O. The van der Waals surface area contributed by atoms with E-state index in [-0.39, 0.29) is 5.91 Å². The highest BCUT2D eigenvalue weighted by molar-refractivity contribution is 5.93. The van der Waals surface area contributed by atoms with Gasteiger partial charge in [-0.05, 0) is 86.3 Å². The molecule has 2 aliphatic heterocycles. The maximum absolute atomic E-state index is 11.5. The van der Waals surface area contributed by atoms with Crippen molar-refractivity contribution in [3.05, 3.63) is 83.2 Å². The normalized spacial score (nSPS) is 21.8. The molecule has 1 atom stereocenters. The molecule has 3 heterocycles. The van der Waals surface area contributed by atoms with Gasteiger partial charge in [-0.25, -0.2) is 0 Å². The maximum Gasteiger partial charge on any atom is 0.248 e. The summed E-state index contributed by atoms with van der Waals surface area (Å²) < 4.78 is 2.08. The van der Waals surface area contributed by atoms with Gasteiger partial charge in [-0.1, -0.05) is 38.1 Å².